The minimum Gasteiger partial charge on any atom is -0.494 e. The molecule has 0 radical (unpaired) electrons. The Kier molecular flexibility index (Phi) is 9.96. The Hall–Kier alpha value is -4.11. The zero-order chi connectivity index (χ0) is 28.4. The van der Waals surface area contributed by atoms with Crippen LogP contribution in [0, 0.1) is 0 Å². The van der Waals surface area contributed by atoms with Gasteiger partial charge in [-0.15, -0.1) is 6.58 Å². The van der Waals surface area contributed by atoms with Gasteiger partial charge in [-0.2, -0.15) is 0 Å². The maximum Gasteiger partial charge on any atom is 0.252 e. The maximum absolute atomic E-state index is 14.0. The van der Waals surface area contributed by atoms with Crippen LogP contribution in [0.1, 0.15) is 34.8 Å². The van der Waals surface area contributed by atoms with Gasteiger partial charge in [-0.25, -0.2) is 4.99 Å². The summed E-state index contributed by atoms with van der Waals surface area (Å²) < 4.78 is 13.1. The third-order valence-corrected chi connectivity index (χ3v) is 6.99. The number of carbonyl (C=O) groups is 1. The van der Waals surface area contributed by atoms with Crippen LogP contribution in [0.25, 0.3) is 10.4 Å². The van der Waals surface area contributed by atoms with Crippen LogP contribution in [0.15, 0.2) is 100 Å². The van der Waals surface area contributed by atoms with E-state index in [2.05, 4.69) is 37.9 Å². The van der Waals surface area contributed by atoms with Crippen LogP contribution in [-0.4, -0.2) is 42.2 Å². The molecule has 2 N–H and O–H groups in total. The summed E-state index contributed by atoms with van der Waals surface area (Å²) in [5, 5.41) is 15.7. The van der Waals surface area contributed by atoms with Gasteiger partial charge in [0.05, 0.1) is 13.2 Å². The minimum atomic E-state index is -1.37. The smallest absolute Gasteiger partial charge is 0.252 e. The van der Waals surface area contributed by atoms with E-state index in [1.165, 1.54) is 0 Å². The van der Waals surface area contributed by atoms with Crippen LogP contribution < -0.4 is 10.1 Å². The Morgan fingerprint density at radius 2 is 1.95 bits per heavy atom. The fourth-order valence-electron chi connectivity index (χ4n) is 4.53. The molecule has 0 fully saturated rings. The number of aliphatic imine (C=N–C) groups is 1. The molecule has 0 unspecified atom stereocenters. The molecule has 0 aromatic heterocycles. The zero-order valence-electron chi connectivity index (χ0n) is 21.9. The molecule has 1 aliphatic heterocycles. The highest BCUT2D eigenvalue weighted by Gasteiger charge is 2.53. The second-order valence-electron chi connectivity index (χ2n) is 9.18. The van der Waals surface area contributed by atoms with Gasteiger partial charge in [0, 0.05) is 40.9 Å². The number of nitrogens with zero attached hydrogens (tertiary/aromatic N) is 4. The van der Waals surface area contributed by atoms with Crippen LogP contribution in [0.3, 0.4) is 0 Å². The number of aliphatic hydroxyl groups excluding tert-OH is 1. The lowest BCUT2D eigenvalue weighted by Crippen LogP contribution is -2.50. The lowest BCUT2D eigenvalue weighted by Gasteiger charge is -2.31. The number of hydrogen-bond donors (Lipinski definition) is 2. The highest BCUT2D eigenvalue weighted by Crippen LogP contribution is 2.44. The molecule has 1 amide bonds. The summed E-state index contributed by atoms with van der Waals surface area (Å²) in [6.45, 7) is 4.56. The van der Waals surface area contributed by atoms with E-state index in [9.17, 15) is 4.79 Å². The van der Waals surface area contributed by atoms with Crippen molar-refractivity contribution in [3.8, 4) is 5.75 Å². The summed E-state index contributed by atoms with van der Waals surface area (Å²) >= 11 is 3.48. The topological polar surface area (TPSA) is 129 Å². The molecule has 206 valence electrons. The van der Waals surface area contributed by atoms with Gasteiger partial charge in [0.2, 0.25) is 5.90 Å². The molecule has 0 saturated heterocycles. The first-order valence-corrected chi connectivity index (χ1v) is 13.6. The van der Waals surface area contributed by atoms with E-state index in [-0.39, 0.29) is 32.0 Å². The normalized spacial score (nSPS) is 17.8. The van der Waals surface area contributed by atoms with E-state index < -0.39 is 11.6 Å². The largest absolute Gasteiger partial charge is 0.494 e. The van der Waals surface area contributed by atoms with E-state index in [4.69, 9.17) is 25.1 Å². The first-order valence-electron chi connectivity index (χ1n) is 12.8. The monoisotopic (exact) mass is 603 g/mol. The Balaban J connectivity index is 1.82. The van der Waals surface area contributed by atoms with Crippen LogP contribution >= 0.6 is 15.9 Å². The number of azide groups is 1. The van der Waals surface area contributed by atoms with Crippen LogP contribution in [-0.2, 0) is 22.5 Å². The first kappa shape index (κ1) is 28.9. The summed E-state index contributed by atoms with van der Waals surface area (Å²) in [7, 11) is 0. The molecule has 0 spiro atoms. The van der Waals surface area contributed by atoms with Crippen molar-refractivity contribution in [2.75, 3.05) is 19.8 Å². The van der Waals surface area contributed by atoms with E-state index in [1.54, 1.807) is 18.2 Å². The van der Waals surface area contributed by atoms with Crippen molar-refractivity contribution in [1.82, 2.24) is 5.32 Å². The van der Waals surface area contributed by atoms with Gasteiger partial charge in [0.25, 0.3) is 5.91 Å². The SMILES string of the molecule is C=CCNC(=O)[C@]1(Cc2ccc(Br)cc2)N=C(c2ccc(OCCCO)cc2)O[C@@H]1c1ccccc1CN=[N+]=[N-]. The van der Waals surface area contributed by atoms with Gasteiger partial charge in [-0.3, -0.25) is 4.79 Å². The van der Waals surface area contributed by atoms with Crippen molar-refractivity contribution in [2.24, 2.45) is 10.1 Å². The number of benzene rings is 3. The molecule has 1 heterocycles. The molecule has 0 saturated carbocycles. The maximum atomic E-state index is 14.0. The van der Waals surface area contributed by atoms with E-state index in [0.717, 1.165) is 15.6 Å². The fraction of sp³-hybridized carbons (Fsp3) is 0.267. The molecular weight excluding hydrogens is 574 g/mol. The van der Waals surface area contributed by atoms with E-state index in [0.29, 0.717) is 35.8 Å². The van der Waals surface area contributed by atoms with Gasteiger partial charge in [0.15, 0.2) is 11.6 Å². The number of nitrogens with one attached hydrogen (secondary N) is 1. The van der Waals surface area contributed by atoms with Gasteiger partial charge in [-0.1, -0.05) is 63.5 Å². The number of hydrogen-bond acceptors (Lipinski definition) is 6. The van der Waals surface area contributed by atoms with Crippen molar-refractivity contribution in [1.29, 1.82) is 0 Å². The first-order chi connectivity index (χ1) is 19.5. The van der Waals surface area contributed by atoms with Crippen molar-refractivity contribution >= 4 is 27.7 Å². The third-order valence-electron chi connectivity index (χ3n) is 6.47. The summed E-state index contributed by atoms with van der Waals surface area (Å²) in [6.07, 6.45) is 1.61. The summed E-state index contributed by atoms with van der Waals surface area (Å²) in [5.41, 5.74) is 10.6. The van der Waals surface area contributed by atoms with E-state index in [1.807, 2.05) is 60.7 Å². The van der Waals surface area contributed by atoms with Gasteiger partial charge < -0.3 is 19.9 Å². The van der Waals surface area contributed by atoms with Crippen LogP contribution in [0.4, 0.5) is 0 Å². The molecule has 1 aliphatic rings. The van der Waals surface area contributed by atoms with E-state index >= 15 is 0 Å². The molecule has 9 nitrogen and oxygen atoms in total. The second-order valence-corrected chi connectivity index (χ2v) is 10.1. The molecule has 2 atom stereocenters. The average Bonchev–Trinajstić information content (AvgIpc) is 3.36. The highest BCUT2D eigenvalue weighted by atomic mass is 79.9. The molecular formula is C30H30BrN5O4. The molecule has 4 rings (SSSR count). The average molecular weight is 605 g/mol. The second kappa shape index (κ2) is 13.8. The molecule has 0 aliphatic carbocycles. The number of aliphatic hydroxyl groups is 1. The number of halogens is 1. The van der Waals surface area contributed by atoms with Crippen molar-refractivity contribution in [2.45, 2.75) is 31.0 Å². The Bertz CT molecular complexity index is 1400. The number of rotatable bonds is 13. The standard InChI is InChI=1S/C30H30BrN5O4/c1-2-16-33-29(38)30(19-21-8-12-24(31)13-9-21)27(26-7-4-3-6-23(26)20-34-36-32)40-28(35-30)22-10-14-25(15-11-22)39-18-5-17-37/h2-4,6-15,27,37H,1,5,16-20H2,(H,33,38)/t27-,30-/m1/s1. The quantitative estimate of drug-likeness (QED) is 0.0837. The Morgan fingerprint density at radius 3 is 2.65 bits per heavy atom. The predicted molar refractivity (Wildman–Crippen MR) is 157 cm³/mol. The Labute approximate surface area is 241 Å². The van der Waals surface area contributed by atoms with Gasteiger partial charge >= 0.3 is 0 Å². The molecule has 3 aromatic rings. The van der Waals surface area contributed by atoms with Crippen molar-refractivity contribution in [3.05, 3.63) is 123 Å². The summed E-state index contributed by atoms with van der Waals surface area (Å²) in [4.78, 5) is 21.9. The molecule has 10 heteroatoms. The van der Waals surface area contributed by atoms with Crippen molar-refractivity contribution in [3.63, 3.8) is 0 Å². The van der Waals surface area contributed by atoms with Crippen LogP contribution in [0.2, 0.25) is 0 Å². The minimum absolute atomic E-state index is 0.0552. The predicted octanol–water partition coefficient (Wildman–Crippen LogP) is 5.82. The lowest BCUT2D eigenvalue weighted by molar-refractivity contribution is -0.128. The van der Waals surface area contributed by atoms with Gasteiger partial charge in [0.1, 0.15) is 5.75 Å². The van der Waals surface area contributed by atoms with Crippen LogP contribution in [0.5, 0.6) is 5.75 Å². The summed E-state index contributed by atoms with van der Waals surface area (Å²) in [6, 6.07) is 22.4. The third kappa shape index (κ3) is 6.71. The van der Waals surface area contributed by atoms with Crippen molar-refractivity contribution < 1.29 is 19.4 Å². The Morgan fingerprint density at radius 1 is 1.20 bits per heavy atom. The zero-order valence-corrected chi connectivity index (χ0v) is 23.5. The number of amides is 1. The molecule has 3 aromatic carbocycles. The lowest BCUT2D eigenvalue weighted by atomic mass is 9.80. The highest BCUT2D eigenvalue weighted by molar-refractivity contribution is 9.10. The number of carbonyl (C=O) groups excluding carboxylic acids is 1. The summed E-state index contributed by atoms with van der Waals surface area (Å²) in [5.74, 6) is 0.658. The molecule has 40 heavy (non-hydrogen) atoms. The number of ether oxygens (including phenoxy) is 2. The molecule has 0 bridgehead atoms. The fourth-order valence-corrected chi connectivity index (χ4v) is 4.80. The van der Waals surface area contributed by atoms with Gasteiger partial charge in [-0.05, 0) is 58.6 Å².